The maximum absolute atomic E-state index is 13.6. The Morgan fingerprint density at radius 2 is 1.90 bits per heavy atom. The lowest BCUT2D eigenvalue weighted by atomic mass is 9.69. The van der Waals surface area contributed by atoms with Gasteiger partial charge in [-0.2, -0.15) is 0 Å². The molecular weight excluding hydrogens is 389 g/mol. The van der Waals surface area contributed by atoms with Crippen LogP contribution in [0.25, 0.3) is 0 Å². The van der Waals surface area contributed by atoms with E-state index in [1.807, 2.05) is 13.8 Å². The molecule has 2 aliphatic rings. The normalized spacial score (nSPS) is 23.6. The van der Waals surface area contributed by atoms with Crippen molar-refractivity contribution in [1.29, 1.82) is 0 Å². The van der Waals surface area contributed by atoms with Gasteiger partial charge in [-0.15, -0.1) is 0 Å². The Bertz CT molecular complexity index is 931. The van der Waals surface area contributed by atoms with E-state index in [0.717, 1.165) is 0 Å². The highest BCUT2D eigenvalue weighted by atomic mass is 19.1. The summed E-state index contributed by atoms with van der Waals surface area (Å²) in [4.78, 5) is 38.7. The predicted octanol–water partition coefficient (Wildman–Crippen LogP) is 3.39. The fourth-order valence-electron chi connectivity index (χ4n) is 4.21. The minimum atomic E-state index is -0.954. The molecule has 7 heteroatoms. The van der Waals surface area contributed by atoms with E-state index in [1.165, 1.54) is 19.2 Å². The van der Waals surface area contributed by atoms with E-state index in [0.29, 0.717) is 40.9 Å². The average molecular weight is 415 g/mol. The molecule has 0 spiro atoms. The number of rotatable bonds is 5. The van der Waals surface area contributed by atoms with E-state index in [4.69, 9.17) is 9.47 Å². The number of methoxy groups -OCH3 is 1. The van der Waals surface area contributed by atoms with Gasteiger partial charge in [-0.05, 0) is 43.4 Å². The predicted molar refractivity (Wildman–Crippen MR) is 108 cm³/mol. The molecule has 3 unspecified atom stereocenters. The number of nitrogens with one attached hydrogen (secondary N) is 1. The maximum atomic E-state index is 13.6. The third kappa shape index (κ3) is 3.88. The van der Waals surface area contributed by atoms with E-state index in [-0.39, 0.29) is 18.3 Å². The number of ketones is 1. The van der Waals surface area contributed by atoms with E-state index in [1.54, 1.807) is 19.1 Å². The molecule has 0 fully saturated rings. The average Bonchev–Trinajstić information content (AvgIpc) is 2.71. The summed E-state index contributed by atoms with van der Waals surface area (Å²) in [6, 6.07) is 5.68. The molecular formula is C23H26FNO5. The van der Waals surface area contributed by atoms with Crippen molar-refractivity contribution in [3.8, 4) is 0 Å². The van der Waals surface area contributed by atoms with Crippen LogP contribution in [0.3, 0.4) is 0 Å². The molecule has 1 aromatic carbocycles. The van der Waals surface area contributed by atoms with Crippen molar-refractivity contribution in [3.63, 3.8) is 0 Å². The first-order chi connectivity index (χ1) is 14.3. The second-order valence-corrected chi connectivity index (χ2v) is 7.72. The van der Waals surface area contributed by atoms with Crippen LogP contribution in [0.4, 0.5) is 4.39 Å². The molecule has 0 saturated carbocycles. The maximum Gasteiger partial charge on any atom is 0.336 e. The Kier molecular flexibility index (Phi) is 6.39. The van der Waals surface area contributed by atoms with E-state index in [2.05, 4.69) is 5.32 Å². The molecule has 1 aliphatic carbocycles. The summed E-state index contributed by atoms with van der Waals surface area (Å²) in [6.45, 7) is 5.71. The van der Waals surface area contributed by atoms with Crippen molar-refractivity contribution in [3.05, 3.63) is 58.2 Å². The lowest BCUT2D eigenvalue weighted by Gasteiger charge is -2.38. The van der Waals surface area contributed by atoms with Gasteiger partial charge >= 0.3 is 11.9 Å². The minimum absolute atomic E-state index is 0.243. The van der Waals surface area contributed by atoms with Crippen LogP contribution >= 0.6 is 0 Å². The molecule has 1 N–H and O–H groups in total. The number of allylic oxidation sites excluding steroid dienone is 3. The summed E-state index contributed by atoms with van der Waals surface area (Å²) in [7, 11) is 1.25. The lowest BCUT2D eigenvalue weighted by molar-refractivity contribution is -0.151. The molecule has 1 aromatic rings. The van der Waals surface area contributed by atoms with Crippen molar-refractivity contribution in [1.82, 2.24) is 5.32 Å². The number of esters is 2. The number of Topliss-reactive ketones (excluding diaryl/α,β-unsaturated/α-hetero) is 1. The van der Waals surface area contributed by atoms with Crippen LogP contribution in [0.1, 0.15) is 45.1 Å². The van der Waals surface area contributed by atoms with Crippen LogP contribution in [0.5, 0.6) is 0 Å². The topological polar surface area (TPSA) is 81.7 Å². The number of carbonyl (C=O) groups is 3. The second kappa shape index (κ2) is 8.81. The number of halogens is 1. The summed E-state index contributed by atoms with van der Waals surface area (Å²) in [5, 5.41) is 3.19. The third-order valence-electron chi connectivity index (χ3n) is 5.60. The fourth-order valence-corrected chi connectivity index (χ4v) is 4.21. The first-order valence-electron chi connectivity index (χ1n) is 10.1. The fraction of sp³-hybridized carbons (Fsp3) is 0.435. The van der Waals surface area contributed by atoms with Crippen LogP contribution in [-0.2, 0) is 23.9 Å². The lowest BCUT2D eigenvalue weighted by Crippen LogP contribution is -2.43. The van der Waals surface area contributed by atoms with Crippen molar-refractivity contribution in [2.45, 2.75) is 39.5 Å². The van der Waals surface area contributed by atoms with Gasteiger partial charge in [0.25, 0.3) is 0 Å². The Balaban J connectivity index is 2.15. The van der Waals surface area contributed by atoms with Gasteiger partial charge in [0.1, 0.15) is 11.7 Å². The van der Waals surface area contributed by atoms with Crippen LogP contribution < -0.4 is 5.32 Å². The van der Waals surface area contributed by atoms with Gasteiger partial charge in [-0.1, -0.05) is 26.0 Å². The van der Waals surface area contributed by atoms with Crippen LogP contribution in [-0.4, -0.2) is 31.4 Å². The van der Waals surface area contributed by atoms with Crippen molar-refractivity contribution >= 4 is 17.7 Å². The Hall–Kier alpha value is -2.96. The van der Waals surface area contributed by atoms with Gasteiger partial charge in [0, 0.05) is 22.9 Å². The summed E-state index contributed by atoms with van der Waals surface area (Å²) in [5.41, 5.74) is 2.47. The number of hydrogen-bond acceptors (Lipinski definition) is 6. The van der Waals surface area contributed by atoms with Gasteiger partial charge in [0.2, 0.25) is 0 Å². The molecule has 0 amide bonds. The molecule has 1 heterocycles. The van der Waals surface area contributed by atoms with Crippen LogP contribution in [0.15, 0.2) is 46.8 Å². The Morgan fingerprint density at radius 1 is 1.23 bits per heavy atom. The van der Waals surface area contributed by atoms with Crippen LogP contribution in [0.2, 0.25) is 0 Å². The standard InChI is InChI=1S/C23H26FNO5/c1-5-10-30-23(28)18-13(3)25-16-11-12(2)17(22(27)29-4)21(26)20(16)19(18)14-6-8-15(24)9-7-14/h6-9,12,17,19,25H,5,10-11H2,1-4H3. The summed E-state index contributed by atoms with van der Waals surface area (Å²) < 4.78 is 23.8. The zero-order chi connectivity index (χ0) is 22.0. The molecule has 30 heavy (non-hydrogen) atoms. The molecule has 160 valence electrons. The van der Waals surface area contributed by atoms with Gasteiger partial charge in [0.05, 0.1) is 19.3 Å². The number of dihydropyridines is 1. The summed E-state index contributed by atoms with van der Waals surface area (Å²) in [5.74, 6) is -3.91. The molecule has 0 radical (unpaired) electrons. The molecule has 1 aliphatic heterocycles. The molecule has 0 aromatic heterocycles. The Labute approximate surface area is 175 Å². The third-order valence-corrected chi connectivity index (χ3v) is 5.60. The van der Waals surface area contributed by atoms with Crippen molar-refractivity contribution in [2.75, 3.05) is 13.7 Å². The first-order valence-corrected chi connectivity index (χ1v) is 10.1. The highest BCUT2D eigenvalue weighted by Crippen LogP contribution is 2.45. The van der Waals surface area contributed by atoms with E-state index in [9.17, 15) is 18.8 Å². The highest BCUT2D eigenvalue weighted by Gasteiger charge is 2.47. The number of carbonyl (C=O) groups excluding carboxylic acids is 3. The van der Waals surface area contributed by atoms with Gasteiger partial charge in [0.15, 0.2) is 5.78 Å². The smallest absolute Gasteiger partial charge is 0.336 e. The molecule has 0 bridgehead atoms. The summed E-state index contributed by atoms with van der Waals surface area (Å²) in [6.07, 6.45) is 1.11. The SMILES string of the molecule is CCCOC(=O)C1=C(C)NC2=C(C(=O)C(C(=O)OC)C(C)C2)C1c1ccc(F)cc1. The Morgan fingerprint density at radius 3 is 2.50 bits per heavy atom. The number of ether oxygens (including phenoxy) is 2. The largest absolute Gasteiger partial charge is 0.468 e. The molecule has 3 atom stereocenters. The van der Waals surface area contributed by atoms with Gasteiger partial charge in [-0.3, -0.25) is 9.59 Å². The number of hydrogen-bond donors (Lipinski definition) is 1. The van der Waals surface area contributed by atoms with E-state index < -0.39 is 29.6 Å². The second-order valence-electron chi connectivity index (χ2n) is 7.72. The van der Waals surface area contributed by atoms with Crippen LogP contribution in [0, 0.1) is 17.7 Å². The minimum Gasteiger partial charge on any atom is -0.468 e. The molecule has 3 rings (SSSR count). The quantitative estimate of drug-likeness (QED) is 0.586. The van der Waals surface area contributed by atoms with Crippen molar-refractivity contribution in [2.24, 2.45) is 11.8 Å². The zero-order valence-corrected chi connectivity index (χ0v) is 17.6. The monoisotopic (exact) mass is 415 g/mol. The van der Waals surface area contributed by atoms with E-state index >= 15 is 0 Å². The highest BCUT2D eigenvalue weighted by molar-refractivity contribution is 6.12. The number of benzene rings is 1. The molecule has 0 saturated heterocycles. The summed E-state index contributed by atoms with van der Waals surface area (Å²) >= 11 is 0. The van der Waals surface area contributed by atoms with Gasteiger partial charge < -0.3 is 14.8 Å². The van der Waals surface area contributed by atoms with Crippen molar-refractivity contribution < 1.29 is 28.2 Å². The molecule has 6 nitrogen and oxygen atoms in total. The van der Waals surface area contributed by atoms with Gasteiger partial charge in [-0.25, -0.2) is 9.18 Å². The first kappa shape index (κ1) is 21.7. The zero-order valence-electron chi connectivity index (χ0n) is 17.6.